The van der Waals surface area contributed by atoms with Crippen molar-refractivity contribution in [1.29, 1.82) is 0 Å². The quantitative estimate of drug-likeness (QED) is 0.871. The van der Waals surface area contributed by atoms with Gasteiger partial charge in [-0.3, -0.25) is 4.79 Å². The minimum absolute atomic E-state index is 0.119. The average Bonchev–Trinajstić information content (AvgIpc) is 2.46. The smallest absolute Gasteiger partial charge is 0.264 e. The van der Waals surface area contributed by atoms with Gasteiger partial charge in [0.05, 0.1) is 0 Å². The van der Waals surface area contributed by atoms with Gasteiger partial charge in [0.15, 0.2) is 6.61 Å². The molecule has 0 spiro atoms. The van der Waals surface area contributed by atoms with Crippen molar-refractivity contribution >= 4 is 17.3 Å². The third-order valence-corrected chi connectivity index (χ3v) is 2.83. The number of nitrogens with two attached hydrogens (primary N) is 1. The summed E-state index contributed by atoms with van der Waals surface area (Å²) in [6.07, 6.45) is 0. The van der Waals surface area contributed by atoms with E-state index in [0.717, 1.165) is 5.69 Å². The summed E-state index contributed by atoms with van der Waals surface area (Å²) in [5, 5.41) is 0. The zero-order valence-electron chi connectivity index (χ0n) is 11.0. The summed E-state index contributed by atoms with van der Waals surface area (Å²) in [7, 11) is 1.65. The Hall–Kier alpha value is -2.56. The van der Waals surface area contributed by atoms with Crippen LogP contribution in [0.4, 0.5) is 15.8 Å². The Morgan fingerprint density at radius 2 is 1.75 bits per heavy atom. The molecule has 0 unspecified atom stereocenters. The van der Waals surface area contributed by atoms with Gasteiger partial charge >= 0.3 is 0 Å². The maximum Gasteiger partial charge on any atom is 0.264 e. The first kappa shape index (κ1) is 13.9. The Balaban J connectivity index is 1.94. The largest absolute Gasteiger partial charge is 0.484 e. The van der Waals surface area contributed by atoms with Crippen LogP contribution in [0.25, 0.3) is 0 Å². The third kappa shape index (κ3) is 3.47. The molecule has 5 heteroatoms. The number of amides is 1. The number of nitrogen functional groups attached to an aromatic ring is 1. The highest BCUT2D eigenvalue weighted by atomic mass is 19.1. The highest BCUT2D eigenvalue weighted by Gasteiger charge is 2.11. The summed E-state index contributed by atoms with van der Waals surface area (Å²) in [5.74, 6) is -0.104. The molecule has 104 valence electrons. The van der Waals surface area contributed by atoms with Gasteiger partial charge in [-0.1, -0.05) is 0 Å². The van der Waals surface area contributed by atoms with E-state index in [4.69, 9.17) is 10.5 Å². The van der Waals surface area contributed by atoms with E-state index in [1.165, 1.54) is 29.2 Å². The molecule has 0 aliphatic rings. The number of carbonyl (C=O) groups excluding carboxylic acids is 1. The molecule has 0 radical (unpaired) electrons. The van der Waals surface area contributed by atoms with E-state index in [1.807, 2.05) is 0 Å². The molecular formula is C15H15FN2O2. The SMILES string of the molecule is CN(C(=O)COc1ccc(F)cc1)c1ccc(N)cc1. The molecule has 0 atom stereocenters. The Morgan fingerprint density at radius 3 is 2.35 bits per heavy atom. The van der Waals surface area contributed by atoms with Gasteiger partial charge in [-0.2, -0.15) is 0 Å². The lowest BCUT2D eigenvalue weighted by atomic mass is 10.2. The topological polar surface area (TPSA) is 55.6 Å². The number of benzene rings is 2. The molecule has 20 heavy (non-hydrogen) atoms. The lowest BCUT2D eigenvalue weighted by molar-refractivity contribution is -0.120. The van der Waals surface area contributed by atoms with Crippen LogP contribution in [0.5, 0.6) is 5.75 Å². The fraction of sp³-hybridized carbons (Fsp3) is 0.133. The molecule has 0 saturated carbocycles. The molecule has 0 fully saturated rings. The van der Waals surface area contributed by atoms with Crippen LogP contribution in [0.15, 0.2) is 48.5 Å². The highest BCUT2D eigenvalue weighted by Crippen LogP contribution is 2.16. The molecule has 2 aromatic carbocycles. The van der Waals surface area contributed by atoms with E-state index in [2.05, 4.69) is 0 Å². The molecule has 2 rings (SSSR count). The first-order valence-electron chi connectivity index (χ1n) is 6.07. The Bertz CT molecular complexity index is 582. The lowest BCUT2D eigenvalue weighted by Gasteiger charge is -2.17. The predicted octanol–water partition coefficient (Wildman–Crippen LogP) is 2.45. The van der Waals surface area contributed by atoms with Crippen LogP contribution in [-0.2, 0) is 4.79 Å². The summed E-state index contributed by atoms with van der Waals surface area (Å²) in [4.78, 5) is 13.4. The minimum Gasteiger partial charge on any atom is -0.484 e. The predicted molar refractivity (Wildman–Crippen MR) is 76.2 cm³/mol. The Morgan fingerprint density at radius 1 is 1.15 bits per heavy atom. The number of ether oxygens (including phenoxy) is 1. The fourth-order valence-corrected chi connectivity index (χ4v) is 1.61. The second kappa shape index (κ2) is 6.06. The van der Waals surface area contributed by atoms with Crippen molar-refractivity contribution in [3.63, 3.8) is 0 Å². The fourth-order valence-electron chi connectivity index (χ4n) is 1.61. The molecule has 0 bridgehead atoms. The third-order valence-electron chi connectivity index (χ3n) is 2.83. The molecule has 0 saturated heterocycles. The number of hydrogen-bond acceptors (Lipinski definition) is 3. The molecule has 0 aliphatic carbocycles. The van der Waals surface area contributed by atoms with Gasteiger partial charge in [-0.15, -0.1) is 0 Å². The lowest BCUT2D eigenvalue weighted by Crippen LogP contribution is -2.31. The van der Waals surface area contributed by atoms with Gasteiger partial charge in [0.1, 0.15) is 11.6 Å². The molecule has 1 amide bonds. The maximum atomic E-state index is 12.7. The maximum absolute atomic E-state index is 12.7. The minimum atomic E-state index is -0.345. The number of anilines is 2. The molecule has 0 aliphatic heterocycles. The first-order chi connectivity index (χ1) is 9.56. The van der Waals surface area contributed by atoms with Gasteiger partial charge in [-0.05, 0) is 48.5 Å². The number of rotatable bonds is 4. The van der Waals surface area contributed by atoms with Crippen LogP contribution < -0.4 is 15.4 Å². The van der Waals surface area contributed by atoms with Crippen LogP contribution in [0.1, 0.15) is 0 Å². The molecule has 0 heterocycles. The standard InChI is InChI=1S/C15H15FN2O2/c1-18(13-6-4-12(17)5-7-13)15(19)10-20-14-8-2-11(16)3-9-14/h2-9H,10,17H2,1H3. The Labute approximate surface area is 116 Å². The van der Waals surface area contributed by atoms with E-state index in [-0.39, 0.29) is 18.3 Å². The van der Waals surface area contributed by atoms with Gasteiger partial charge in [0.2, 0.25) is 0 Å². The summed E-state index contributed by atoms with van der Waals surface area (Å²) in [5.41, 5.74) is 6.96. The monoisotopic (exact) mass is 274 g/mol. The number of likely N-dealkylation sites (N-methyl/N-ethyl adjacent to an activating group) is 1. The second-order valence-electron chi connectivity index (χ2n) is 4.29. The van der Waals surface area contributed by atoms with Crippen molar-refractivity contribution in [3.8, 4) is 5.75 Å². The van der Waals surface area contributed by atoms with E-state index in [9.17, 15) is 9.18 Å². The van der Waals surface area contributed by atoms with Crippen molar-refractivity contribution in [1.82, 2.24) is 0 Å². The number of halogens is 1. The number of hydrogen-bond donors (Lipinski definition) is 1. The molecule has 2 N–H and O–H groups in total. The molecule has 0 aromatic heterocycles. The van der Waals surface area contributed by atoms with Crippen LogP contribution in [0, 0.1) is 5.82 Å². The van der Waals surface area contributed by atoms with Gasteiger partial charge in [0, 0.05) is 18.4 Å². The van der Waals surface area contributed by atoms with Crippen molar-refractivity contribution < 1.29 is 13.9 Å². The summed E-state index contributed by atoms with van der Waals surface area (Å²) in [6, 6.07) is 12.5. The van der Waals surface area contributed by atoms with E-state index < -0.39 is 0 Å². The van der Waals surface area contributed by atoms with Crippen LogP contribution in [0.2, 0.25) is 0 Å². The van der Waals surface area contributed by atoms with Gasteiger partial charge in [-0.25, -0.2) is 4.39 Å². The van der Waals surface area contributed by atoms with Crippen molar-refractivity contribution in [3.05, 3.63) is 54.3 Å². The second-order valence-corrected chi connectivity index (χ2v) is 4.29. The van der Waals surface area contributed by atoms with Crippen molar-refractivity contribution in [2.75, 3.05) is 24.3 Å². The van der Waals surface area contributed by atoms with Crippen LogP contribution >= 0.6 is 0 Å². The zero-order chi connectivity index (χ0) is 14.5. The van der Waals surface area contributed by atoms with Gasteiger partial charge in [0.25, 0.3) is 5.91 Å². The zero-order valence-corrected chi connectivity index (χ0v) is 11.0. The van der Waals surface area contributed by atoms with E-state index >= 15 is 0 Å². The van der Waals surface area contributed by atoms with Gasteiger partial charge < -0.3 is 15.4 Å². The molecular weight excluding hydrogens is 259 g/mol. The normalized spacial score (nSPS) is 10.1. The molecule has 4 nitrogen and oxygen atoms in total. The van der Waals surface area contributed by atoms with Crippen LogP contribution in [0.3, 0.4) is 0 Å². The molecule has 2 aromatic rings. The number of carbonyl (C=O) groups is 1. The summed E-state index contributed by atoms with van der Waals surface area (Å²) >= 11 is 0. The van der Waals surface area contributed by atoms with Crippen LogP contribution in [-0.4, -0.2) is 19.6 Å². The Kier molecular flexibility index (Phi) is 4.20. The van der Waals surface area contributed by atoms with E-state index in [1.54, 1.807) is 31.3 Å². The highest BCUT2D eigenvalue weighted by molar-refractivity contribution is 5.94. The summed E-state index contributed by atoms with van der Waals surface area (Å²) in [6.45, 7) is -0.119. The summed E-state index contributed by atoms with van der Waals surface area (Å²) < 4.78 is 18.0. The van der Waals surface area contributed by atoms with Crippen molar-refractivity contribution in [2.24, 2.45) is 0 Å². The van der Waals surface area contributed by atoms with E-state index in [0.29, 0.717) is 11.4 Å². The average molecular weight is 274 g/mol. The first-order valence-corrected chi connectivity index (χ1v) is 6.07. The number of nitrogens with zero attached hydrogens (tertiary/aromatic N) is 1. The van der Waals surface area contributed by atoms with Crippen molar-refractivity contribution in [2.45, 2.75) is 0 Å².